The highest BCUT2D eigenvalue weighted by Gasteiger charge is 2.50. The summed E-state index contributed by atoms with van der Waals surface area (Å²) >= 11 is 0. The minimum Gasteiger partial charge on any atom is -0.483 e. The second kappa shape index (κ2) is 5.96. The summed E-state index contributed by atoms with van der Waals surface area (Å²) in [5.41, 5.74) is 2.86. The number of nitrogens with zero attached hydrogens (tertiary/aromatic N) is 1. The first kappa shape index (κ1) is 18.0. The molecular weight excluding hydrogens is 310 g/mol. The maximum atomic E-state index is 11.8. The number of ether oxygens (including phenoxy) is 2. The van der Waals surface area contributed by atoms with Gasteiger partial charge in [0.1, 0.15) is 17.0 Å². The first-order chi connectivity index (χ1) is 11.0. The predicted octanol–water partition coefficient (Wildman–Crippen LogP) is 1.99. The minimum atomic E-state index is -1.58. The fourth-order valence-electron chi connectivity index (χ4n) is 2.39. The number of nitrogens with one attached hydrogen (secondary N) is 2. The second-order valence-corrected chi connectivity index (χ2v) is 7.34. The molecule has 0 saturated heterocycles. The number of amides is 1. The lowest BCUT2D eigenvalue weighted by molar-refractivity contribution is -0.154. The van der Waals surface area contributed by atoms with Gasteiger partial charge in [-0.15, -0.1) is 0 Å². The molecule has 3 N–H and O–H groups in total. The van der Waals surface area contributed by atoms with Crippen LogP contribution in [0.3, 0.4) is 0 Å². The summed E-state index contributed by atoms with van der Waals surface area (Å²) in [4.78, 5) is 11.8. The zero-order valence-corrected chi connectivity index (χ0v) is 14.6. The summed E-state index contributed by atoms with van der Waals surface area (Å²) in [5.74, 6) is 0.600. The van der Waals surface area contributed by atoms with E-state index in [0.717, 1.165) is 0 Å². The third-order valence-electron chi connectivity index (χ3n) is 3.77. The van der Waals surface area contributed by atoms with Crippen LogP contribution in [-0.2, 0) is 11.2 Å². The van der Waals surface area contributed by atoms with Crippen molar-refractivity contribution in [2.75, 3.05) is 0 Å². The Morgan fingerprint density at radius 2 is 2.08 bits per heavy atom. The van der Waals surface area contributed by atoms with Crippen LogP contribution in [0.25, 0.3) is 0 Å². The maximum absolute atomic E-state index is 11.8. The van der Waals surface area contributed by atoms with E-state index in [2.05, 4.69) is 16.9 Å². The van der Waals surface area contributed by atoms with Crippen LogP contribution in [0.5, 0.6) is 5.75 Å². The van der Waals surface area contributed by atoms with E-state index in [-0.39, 0.29) is 6.42 Å². The molecule has 1 aliphatic heterocycles. The molecule has 130 valence electrons. The Morgan fingerprint density at radius 3 is 2.67 bits per heavy atom. The number of fused-ring (bicyclic) bond motifs is 1. The van der Waals surface area contributed by atoms with Crippen molar-refractivity contribution in [3.8, 4) is 11.8 Å². The quantitative estimate of drug-likeness (QED) is 0.565. The summed E-state index contributed by atoms with van der Waals surface area (Å²) in [6.45, 7) is 8.65. The molecule has 1 aromatic carbocycles. The monoisotopic (exact) mass is 333 g/mol. The fourth-order valence-corrected chi connectivity index (χ4v) is 2.39. The van der Waals surface area contributed by atoms with Crippen molar-refractivity contribution in [1.82, 2.24) is 10.9 Å². The van der Waals surface area contributed by atoms with E-state index < -0.39 is 23.0 Å². The molecule has 1 aliphatic rings. The number of aliphatic hydroxyl groups is 1. The van der Waals surface area contributed by atoms with Crippen molar-refractivity contribution in [3.05, 3.63) is 29.3 Å². The molecule has 1 unspecified atom stereocenters. The molecule has 7 heteroatoms. The van der Waals surface area contributed by atoms with Gasteiger partial charge in [-0.2, -0.15) is 10.7 Å². The lowest BCUT2D eigenvalue weighted by atomic mass is 9.85. The van der Waals surface area contributed by atoms with Crippen molar-refractivity contribution in [2.45, 2.75) is 58.0 Å². The minimum absolute atomic E-state index is 0.153. The van der Waals surface area contributed by atoms with Gasteiger partial charge in [-0.3, -0.25) is 5.43 Å². The fraction of sp³-hybridized carbons (Fsp3) is 0.529. The molecule has 0 aromatic heterocycles. The molecule has 0 radical (unpaired) electrons. The number of hydrogen-bond acceptors (Lipinski definition) is 6. The van der Waals surface area contributed by atoms with Crippen LogP contribution < -0.4 is 15.6 Å². The molecular formula is C17H23N3O4. The zero-order valence-electron chi connectivity index (χ0n) is 14.6. The zero-order chi connectivity index (χ0) is 18.2. The predicted molar refractivity (Wildman–Crippen MR) is 87.0 cm³/mol. The Balaban J connectivity index is 2.18. The molecule has 1 amide bonds. The van der Waals surface area contributed by atoms with E-state index in [9.17, 15) is 9.90 Å². The highest BCUT2D eigenvalue weighted by atomic mass is 16.6. The van der Waals surface area contributed by atoms with Gasteiger partial charge in [0.2, 0.25) is 0 Å². The Hall–Kier alpha value is -2.30. The molecule has 7 nitrogen and oxygen atoms in total. The van der Waals surface area contributed by atoms with Gasteiger partial charge >= 0.3 is 6.09 Å². The Kier molecular flexibility index (Phi) is 4.48. The molecule has 1 aromatic rings. The highest BCUT2D eigenvalue weighted by molar-refractivity contribution is 5.67. The van der Waals surface area contributed by atoms with Crippen molar-refractivity contribution in [2.24, 2.45) is 0 Å². The van der Waals surface area contributed by atoms with Gasteiger partial charge in [-0.05, 0) is 58.4 Å². The van der Waals surface area contributed by atoms with Crippen molar-refractivity contribution < 1.29 is 19.4 Å². The van der Waals surface area contributed by atoms with Gasteiger partial charge in [0.15, 0.2) is 5.72 Å². The Morgan fingerprint density at radius 1 is 1.42 bits per heavy atom. The average molecular weight is 333 g/mol. The van der Waals surface area contributed by atoms with Gasteiger partial charge in [0.25, 0.3) is 0 Å². The number of benzene rings is 1. The van der Waals surface area contributed by atoms with Crippen LogP contribution in [0.15, 0.2) is 18.2 Å². The molecule has 2 rings (SSSR count). The second-order valence-electron chi connectivity index (χ2n) is 7.34. The SMILES string of the molecule is CC(C)(C)OC(=O)NNC1(O)Cc2cc(C#N)ccc2OC1(C)C. The first-order valence-electron chi connectivity index (χ1n) is 7.66. The number of hydrazine groups is 1. The Labute approximate surface area is 141 Å². The molecule has 1 heterocycles. The largest absolute Gasteiger partial charge is 0.483 e. The van der Waals surface area contributed by atoms with Crippen LogP contribution in [0.2, 0.25) is 0 Å². The van der Waals surface area contributed by atoms with Gasteiger partial charge in [-0.25, -0.2) is 4.79 Å². The summed E-state index contributed by atoms with van der Waals surface area (Å²) < 4.78 is 11.0. The third-order valence-corrected chi connectivity index (χ3v) is 3.77. The average Bonchev–Trinajstić information content (AvgIpc) is 2.44. The topological polar surface area (TPSA) is 104 Å². The summed E-state index contributed by atoms with van der Waals surface area (Å²) in [7, 11) is 0. The Bertz CT molecular complexity index is 688. The van der Waals surface area contributed by atoms with Crippen LogP contribution >= 0.6 is 0 Å². The van der Waals surface area contributed by atoms with Crippen molar-refractivity contribution in [3.63, 3.8) is 0 Å². The number of hydrogen-bond donors (Lipinski definition) is 3. The summed E-state index contributed by atoms with van der Waals surface area (Å²) in [6, 6.07) is 7.07. The number of rotatable bonds is 2. The number of carbonyl (C=O) groups excluding carboxylic acids is 1. The molecule has 0 spiro atoms. The van der Waals surface area contributed by atoms with Crippen LogP contribution in [-0.4, -0.2) is 28.1 Å². The summed E-state index contributed by atoms with van der Waals surface area (Å²) in [5, 5.41) is 20.0. The van der Waals surface area contributed by atoms with E-state index in [1.54, 1.807) is 52.8 Å². The van der Waals surface area contributed by atoms with Gasteiger partial charge in [0.05, 0.1) is 11.6 Å². The van der Waals surface area contributed by atoms with E-state index in [4.69, 9.17) is 14.7 Å². The molecule has 0 fully saturated rings. The number of carbonyl (C=O) groups is 1. The molecule has 0 bridgehead atoms. The third kappa shape index (κ3) is 3.78. The summed E-state index contributed by atoms with van der Waals surface area (Å²) in [6.07, 6.45) is -0.552. The lowest BCUT2D eigenvalue weighted by Gasteiger charge is -2.46. The molecule has 1 atom stereocenters. The standard InChI is InChI=1S/C17H23N3O4/c1-15(2,3)24-14(21)19-20-17(22)9-12-8-11(10-18)6-7-13(12)23-16(17,4)5/h6-8,20,22H,9H2,1-5H3,(H,19,21). The van der Waals surface area contributed by atoms with E-state index in [0.29, 0.717) is 16.9 Å². The first-order valence-corrected chi connectivity index (χ1v) is 7.66. The maximum Gasteiger partial charge on any atom is 0.422 e. The molecule has 0 aliphatic carbocycles. The molecule has 0 saturated carbocycles. The van der Waals surface area contributed by atoms with Crippen LogP contribution in [0, 0.1) is 11.3 Å². The van der Waals surface area contributed by atoms with Gasteiger partial charge < -0.3 is 14.6 Å². The van der Waals surface area contributed by atoms with E-state index >= 15 is 0 Å². The number of nitriles is 1. The molecule has 24 heavy (non-hydrogen) atoms. The lowest BCUT2D eigenvalue weighted by Crippen LogP contribution is -2.69. The van der Waals surface area contributed by atoms with Crippen LogP contribution in [0.1, 0.15) is 45.7 Å². The van der Waals surface area contributed by atoms with E-state index in [1.807, 2.05) is 0 Å². The van der Waals surface area contributed by atoms with E-state index in [1.165, 1.54) is 0 Å². The van der Waals surface area contributed by atoms with Crippen molar-refractivity contribution in [1.29, 1.82) is 5.26 Å². The normalized spacial score (nSPS) is 21.9. The van der Waals surface area contributed by atoms with Gasteiger partial charge in [-0.1, -0.05) is 0 Å². The smallest absolute Gasteiger partial charge is 0.422 e. The van der Waals surface area contributed by atoms with Crippen LogP contribution in [0.4, 0.5) is 4.79 Å². The highest BCUT2D eigenvalue weighted by Crippen LogP contribution is 2.38. The van der Waals surface area contributed by atoms with Crippen molar-refractivity contribution >= 4 is 6.09 Å². The van der Waals surface area contributed by atoms with Gasteiger partial charge in [0, 0.05) is 6.42 Å².